The number of primary amides is 1. The van der Waals surface area contributed by atoms with Gasteiger partial charge in [-0.05, 0) is 6.42 Å². The second-order valence-electron chi connectivity index (χ2n) is 2.63. The van der Waals surface area contributed by atoms with Crippen molar-refractivity contribution in [1.29, 1.82) is 0 Å². The second-order valence-corrected chi connectivity index (χ2v) is 2.63. The van der Waals surface area contributed by atoms with Crippen molar-refractivity contribution in [3.63, 3.8) is 0 Å². The number of nitrogens with two attached hydrogens (primary N) is 1. The van der Waals surface area contributed by atoms with E-state index in [-0.39, 0.29) is 6.10 Å². The Kier molecular flexibility index (Phi) is 2.67. The molecule has 64 valence electrons. The van der Waals surface area contributed by atoms with Crippen LogP contribution in [-0.2, 0) is 4.74 Å². The number of nitrogens with one attached hydrogen (secondary N) is 1. The number of nitrogens with zero attached hydrogens (tertiary/aromatic N) is 1. The zero-order chi connectivity index (χ0) is 8.27. The minimum absolute atomic E-state index is 0.0660. The number of carbonyl (C=O) groups is 1. The van der Waals surface area contributed by atoms with Crippen molar-refractivity contribution in [3.05, 3.63) is 0 Å². The van der Waals surface area contributed by atoms with Crippen LogP contribution in [-0.4, -0.2) is 37.3 Å². The van der Waals surface area contributed by atoms with Gasteiger partial charge in [0, 0.05) is 20.1 Å². The Morgan fingerprint density at radius 3 is 3.00 bits per heavy atom. The summed E-state index contributed by atoms with van der Waals surface area (Å²) < 4.78 is 4.79. The standard InChI is InChI=1S/C6H13N3O2/c1-9-3-2-5(4-8-9)11-6(7)10/h5,8H,2-4H2,1H3,(H2,7,10)/t5-/m1/s1. The molecule has 3 N–H and O–H groups in total. The van der Waals surface area contributed by atoms with Crippen molar-refractivity contribution in [2.75, 3.05) is 20.1 Å². The minimum Gasteiger partial charge on any atom is -0.445 e. The normalized spacial score (nSPS) is 26.5. The van der Waals surface area contributed by atoms with Gasteiger partial charge in [0.25, 0.3) is 0 Å². The number of hydrogen-bond donors (Lipinski definition) is 2. The van der Waals surface area contributed by atoms with Crippen LogP contribution in [0.15, 0.2) is 0 Å². The fourth-order valence-corrected chi connectivity index (χ4v) is 1.04. The van der Waals surface area contributed by atoms with Crippen LogP contribution in [0.5, 0.6) is 0 Å². The van der Waals surface area contributed by atoms with Gasteiger partial charge < -0.3 is 10.5 Å². The fraction of sp³-hybridized carbons (Fsp3) is 0.833. The number of rotatable bonds is 1. The maximum Gasteiger partial charge on any atom is 0.404 e. The summed E-state index contributed by atoms with van der Waals surface area (Å²) in [6, 6.07) is 0. The monoisotopic (exact) mass is 159 g/mol. The molecule has 0 bridgehead atoms. The van der Waals surface area contributed by atoms with Gasteiger partial charge in [0.05, 0.1) is 0 Å². The van der Waals surface area contributed by atoms with Crippen molar-refractivity contribution in [2.45, 2.75) is 12.5 Å². The van der Waals surface area contributed by atoms with Crippen molar-refractivity contribution >= 4 is 6.09 Å². The lowest BCUT2D eigenvalue weighted by Crippen LogP contribution is -2.48. The predicted octanol–water partition coefficient (Wildman–Crippen LogP) is -0.710. The van der Waals surface area contributed by atoms with Crippen LogP contribution in [0.4, 0.5) is 4.79 Å². The quantitative estimate of drug-likeness (QED) is 0.530. The van der Waals surface area contributed by atoms with Crippen LogP contribution in [0.1, 0.15) is 6.42 Å². The van der Waals surface area contributed by atoms with Crippen LogP contribution in [0.3, 0.4) is 0 Å². The van der Waals surface area contributed by atoms with Crippen LogP contribution in [0.25, 0.3) is 0 Å². The first-order chi connectivity index (χ1) is 5.18. The van der Waals surface area contributed by atoms with Crippen LogP contribution in [0, 0.1) is 0 Å². The van der Waals surface area contributed by atoms with Gasteiger partial charge >= 0.3 is 6.09 Å². The molecule has 0 spiro atoms. The van der Waals surface area contributed by atoms with Crippen LogP contribution >= 0.6 is 0 Å². The average Bonchev–Trinajstić information content (AvgIpc) is 1.93. The molecule has 1 rings (SSSR count). The number of hydrazine groups is 1. The molecule has 0 saturated carbocycles. The first-order valence-electron chi connectivity index (χ1n) is 3.59. The van der Waals surface area contributed by atoms with Gasteiger partial charge in [-0.1, -0.05) is 0 Å². The summed E-state index contributed by atoms with van der Waals surface area (Å²) in [5.74, 6) is 0. The average molecular weight is 159 g/mol. The largest absolute Gasteiger partial charge is 0.445 e. The molecule has 0 aromatic rings. The Balaban J connectivity index is 2.22. The van der Waals surface area contributed by atoms with E-state index in [1.807, 2.05) is 12.1 Å². The van der Waals surface area contributed by atoms with E-state index in [4.69, 9.17) is 10.5 Å². The predicted molar refractivity (Wildman–Crippen MR) is 39.7 cm³/mol. The molecule has 5 heteroatoms. The Morgan fingerprint density at radius 2 is 2.55 bits per heavy atom. The summed E-state index contributed by atoms with van der Waals surface area (Å²) in [5.41, 5.74) is 7.89. The van der Waals surface area contributed by atoms with Gasteiger partial charge in [0.2, 0.25) is 0 Å². The number of carbonyl (C=O) groups excluding carboxylic acids is 1. The molecule has 0 aliphatic carbocycles. The Hall–Kier alpha value is -0.810. The minimum atomic E-state index is -0.693. The molecule has 0 unspecified atom stereocenters. The van der Waals surface area contributed by atoms with Gasteiger partial charge in [-0.2, -0.15) is 0 Å². The van der Waals surface area contributed by atoms with Gasteiger partial charge in [0.15, 0.2) is 0 Å². The fourth-order valence-electron chi connectivity index (χ4n) is 1.04. The Labute approximate surface area is 65.5 Å². The van der Waals surface area contributed by atoms with Gasteiger partial charge in [-0.15, -0.1) is 0 Å². The maximum absolute atomic E-state index is 10.3. The molecule has 0 aromatic carbocycles. The third-order valence-corrected chi connectivity index (χ3v) is 1.66. The molecule has 1 aliphatic rings. The van der Waals surface area contributed by atoms with E-state index in [1.165, 1.54) is 0 Å². The van der Waals surface area contributed by atoms with Gasteiger partial charge in [-0.3, -0.25) is 5.43 Å². The van der Waals surface area contributed by atoms with E-state index in [1.54, 1.807) is 0 Å². The number of hydrogen-bond acceptors (Lipinski definition) is 4. The lowest BCUT2D eigenvalue weighted by atomic mass is 10.2. The highest BCUT2D eigenvalue weighted by Crippen LogP contribution is 2.02. The van der Waals surface area contributed by atoms with E-state index >= 15 is 0 Å². The third-order valence-electron chi connectivity index (χ3n) is 1.66. The Bertz CT molecular complexity index is 143. The molecule has 11 heavy (non-hydrogen) atoms. The van der Waals surface area contributed by atoms with E-state index in [0.29, 0.717) is 6.54 Å². The highest BCUT2D eigenvalue weighted by molar-refractivity contribution is 5.64. The topological polar surface area (TPSA) is 67.6 Å². The molecule has 1 saturated heterocycles. The zero-order valence-electron chi connectivity index (χ0n) is 6.54. The summed E-state index contributed by atoms with van der Waals surface area (Å²) in [6.45, 7) is 1.53. The number of ether oxygens (including phenoxy) is 1. The van der Waals surface area contributed by atoms with Gasteiger partial charge in [-0.25, -0.2) is 9.80 Å². The molecule has 1 amide bonds. The molecule has 1 atom stereocenters. The molecule has 1 heterocycles. The van der Waals surface area contributed by atoms with Crippen molar-refractivity contribution in [1.82, 2.24) is 10.4 Å². The summed E-state index contributed by atoms with van der Waals surface area (Å²) in [5, 5.41) is 1.96. The molecule has 0 radical (unpaired) electrons. The van der Waals surface area contributed by atoms with Crippen molar-refractivity contribution in [3.8, 4) is 0 Å². The van der Waals surface area contributed by atoms with E-state index in [9.17, 15) is 4.79 Å². The van der Waals surface area contributed by atoms with Crippen molar-refractivity contribution in [2.24, 2.45) is 5.73 Å². The lowest BCUT2D eigenvalue weighted by molar-refractivity contribution is 0.0467. The highest BCUT2D eigenvalue weighted by Gasteiger charge is 2.18. The van der Waals surface area contributed by atoms with Crippen LogP contribution < -0.4 is 11.2 Å². The van der Waals surface area contributed by atoms with E-state index in [2.05, 4.69) is 5.43 Å². The second kappa shape index (κ2) is 3.54. The summed E-state index contributed by atoms with van der Waals surface area (Å²) in [4.78, 5) is 10.3. The van der Waals surface area contributed by atoms with Gasteiger partial charge in [0.1, 0.15) is 6.10 Å². The molecular formula is C6H13N3O2. The van der Waals surface area contributed by atoms with E-state index in [0.717, 1.165) is 13.0 Å². The SMILES string of the molecule is CN1CC[C@@H](OC(N)=O)CN1. The smallest absolute Gasteiger partial charge is 0.404 e. The highest BCUT2D eigenvalue weighted by atomic mass is 16.6. The maximum atomic E-state index is 10.3. The molecule has 1 aliphatic heterocycles. The molecule has 0 aromatic heterocycles. The zero-order valence-corrected chi connectivity index (χ0v) is 6.54. The summed E-state index contributed by atoms with van der Waals surface area (Å²) >= 11 is 0. The summed E-state index contributed by atoms with van der Waals surface area (Å²) in [7, 11) is 1.94. The number of amides is 1. The third kappa shape index (κ3) is 2.73. The first kappa shape index (κ1) is 8.29. The molecule has 1 fully saturated rings. The first-order valence-corrected chi connectivity index (χ1v) is 3.59. The lowest BCUT2D eigenvalue weighted by Gasteiger charge is -2.29. The summed E-state index contributed by atoms with van der Waals surface area (Å²) in [6.07, 6.45) is 0.0805. The molecular weight excluding hydrogens is 146 g/mol. The Morgan fingerprint density at radius 1 is 1.82 bits per heavy atom. The van der Waals surface area contributed by atoms with Crippen LogP contribution in [0.2, 0.25) is 0 Å². The van der Waals surface area contributed by atoms with Crippen molar-refractivity contribution < 1.29 is 9.53 Å². The van der Waals surface area contributed by atoms with E-state index < -0.39 is 6.09 Å². The molecule has 5 nitrogen and oxygen atoms in total.